The van der Waals surface area contributed by atoms with Gasteiger partial charge < -0.3 is 10.2 Å². The fraction of sp³-hybridized carbons (Fsp3) is 0.562. The van der Waals surface area contributed by atoms with Gasteiger partial charge in [0.15, 0.2) is 0 Å². The number of halogens is 2. The number of nitrogens with one attached hydrogen (secondary N) is 1. The Kier molecular flexibility index (Phi) is 7.12. The first-order valence-electron chi connectivity index (χ1n) is 7.40. The van der Waals surface area contributed by atoms with Crippen molar-refractivity contribution in [1.29, 1.82) is 0 Å². The zero-order valence-corrected chi connectivity index (χ0v) is 13.5. The fourth-order valence-corrected chi connectivity index (χ4v) is 2.82. The molecule has 3 nitrogen and oxygen atoms in total. The second-order valence-electron chi connectivity index (χ2n) is 5.50. The largest absolute Gasteiger partial charge is 0.333 e. The van der Waals surface area contributed by atoms with Gasteiger partial charge in [-0.3, -0.25) is 4.79 Å². The molecule has 0 spiro atoms. The SMILES string of the molecule is CCCC(C)C(=O)N1CCNCC1c1cccc(F)c1.Cl. The minimum atomic E-state index is -0.248. The maximum Gasteiger partial charge on any atom is 0.226 e. The van der Waals surface area contributed by atoms with E-state index in [-0.39, 0.29) is 36.1 Å². The number of nitrogens with zero attached hydrogens (tertiary/aromatic N) is 1. The number of amides is 1. The Morgan fingerprint density at radius 2 is 2.29 bits per heavy atom. The summed E-state index contributed by atoms with van der Waals surface area (Å²) in [5.41, 5.74) is 0.870. The van der Waals surface area contributed by atoms with Crippen molar-refractivity contribution in [3.05, 3.63) is 35.6 Å². The number of hydrogen-bond donors (Lipinski definition) is 1. The van der Waals surface area contributed by atoms with E-state index in [1.54, 1.807) is 6.07 Å². The summed E-state index contributed by atoms with van der Waals surface area (Å²) < 4.78 is 13.4. The lowest BCUT2D eigenvalue weighted by molar-refractivity contribution is -0.138. The second kappa shape index (κ2) is 8.35. The summed E-state index contributed by atoms with van der Waals surface area (Å²) in [6.07, 6.45) is 1.91. The van der Waals surface area contributed by atoms with Crippen molar-refractivity contribution in [3.8, 4) is 0 Å². The summed E-state index contributed by atoms with van der Waals surface area (Å²) in [7, 11) is 0. The first kappa shape index (κ1) is 17.9. The summed E-state index contributed by atoms with van der Waals surface area (Å²) in [5.74, 6) is -0.0288. The fourth-order valence-electron chi connectivity index (χ4n) is 2.82. The molecule has 2 atom stereocenters. The average molecular weight is 315 g/mol. The maximum absolute atomic E-state index is 13.4. The van der Waals surface area contributed by atoms with E-state index in [0.29, 0.717) is 13.1 Å². The Balaban J connectivity index is 0.00000220. The topological polar surface area (TPSA) is 32.3 Å². The Labute approximate surface area is 132 Å². The molecule has 1 aliphatic heterocycles. The van der Waals surface area contributed by atoms with Gasteiger partial charge in [0.05, 0.1) is 6.04 Å². The van der Waals surface area contributed by atoms with Gasteiger partial charge in [0.25, 0.3) is 0 Å². The van der Waals surface area contributed by atoms with Gasteiger partial charge in [0, 0.05) is 25.6 Å². The van der Waals surface area contributed by atoms with Crippen LogP contribution in [-0.4, -0.2) is 30.4 Å². The van der Waals surface area contributed by atoms with Crippen molar-refractivity contribution < 1.29 is 9.18 Å². The van der Waals surface area contributed by atoms with Gasteiger partial charge in [-0.15, -0.1) is 12.4 Å². The van der Waals surface area contributed by atoms with Crippen LogP contribution < -0.4 is 5.32 Å². The normalized spacial score (nSPS) is 19.8. The summed E-state index contributed by atoms with van der Waals surface area (Å²) in [6.45, 7) is 6.25. The molecule has 0 aliphatic carbocycles. The van der Waals surface area contributed by atoms with Gasteiger partial charge in [0.1, 0.15) is 5.82 Å². The average Bonchev–Trinajstić information content (AvgIpc) is 2.47. The monoisotopic (exact) mass is 314 g/mol. The summed E-state index contributed by atoms with van der Waals surface area (Å²) in [4.78, 5) is 14.5. The molecular formula is C16H24ClFN2O. The van der Waals surface area contributed by atoms with E-state index in [1.165, 1.54) is 12.1 Å². The van der Waals surface area contributed by atoms with Crippen LogP contribution >= 0.6 is 12.4 Å². The highest BCUT2D eigenvalue weighted by Gasteiger charge is 2.30. The smallest absolute Gasteiger partial charge is 0.226 e. The molecule has 1 fully saturated rings. The van der Waals surface area contributed by atoms with E-state index in [1.807, 2.05) is 17.9 Å². The summed E-state index contributed by atoms with van der Waals surface area (Å²) in [6, 6.07) is 6.50. The number of benzene rings is 1. The molecular weight excluding hydrogens is 291 g/mol. The van der Waals surface area contributed by atoms with Gasteiger partial charge in [-0.05, 0) is 24.1 Å². The van der Waals surface area contributed by atoms with Crippen molar-refractivity contribution in [2.75, 3.05) is 19.6 Å². The number of rotatable bonds is 4. The lowest BCUT2D eigenvalue weighted by Gasteiger charge is -2.38. The van der Waals surface area contributed by atoms with Crippen LogP contribution in [0.4, 0.5) is 4.39 Å². The van der Waals surface area contributed by atoms with Crippen molar-refractivity contribution >= 4 is 18.3 Å². The second-order valence-corrected chi connectivity index (χ2v) is 5.50. The summed E-state index contributed by atoms with van der Waals surface area (Å²) in [5, 5.41) is 3.29. The van der Waals surface area contributed by atoms with Gasteiger partial charge in [-0.1, -0.05) is 32.4 Å². The van der Waals surface area contributed by atoms with Gasteiger partial charge in [-0.25, -0.2) is 4.39 Å². The molecule has 1 amide bonds. The Hall–Kier alpha value is -1.13. The molecule has 2 rings (SSSR count). The molecule has 0 radical (unpaired) electrons. The molecule has 118 valence electrons. The zero-order valence-electron chi connectivity index (χ0n) is 12.6. The minimum Gasteiger partial charge on any atom is -0.333 e. The van der Waals surface area contributed by atoms with Crippen LogP contribution in [0.2, 0.25) is 0 Å². The van der Waals surface area contributed by atoms with Crippen molar-refractivity contribution in [3.63, 3.8) is 0 Å². The maximum atomic E-state index is 13.4. The van der Waals surface area contributed by atoms with Gasteiger partial charge >= 0.3 is 0 Å². The predicted molar refractivity (Wildman–Crippen MR) is 85.0 cm³/mol. The van der Waals surface area contributed by atoms with Crippen LogP contribution in [0.25, 0.3) is 0 Å². The van der Waals surface area contributed by atoms with Crippen molar-refractivity contribution in [2.24, 2.45) is 5.92 Å². The molecule has 1 aliphatic rings. The molecule has 1 aromatic carbocycles. The third kappa shape index (κ3) is 4.42. The van der Waals surface area contributed by atoms with Crippen LogP contribution in [0.5, 0.6) is 0 Å². The number of hydrogen-bond acceptors (Lipinski definition) is 2. The Morgan fingerprint density at radius 3 is 2.95 bits per heavy atom. The van der Waals surface area contributed by atoms with Gasteiger partial charge in [0.2, 0.25) is 5.91 Å². The van der Waals surface area contributed by atoms with Crippen LogP contribution in [0, 0.1) is 11.7 Å². The van der Waals surface area contributed by atoms with Gasteiger partial charge in [-0.2, -0.15) is 0 Å². The highest BCUT2D eigenvalue weighted by atomic mass is 35.5. The van der Waals surface area contributed by atoms with Crippen LogP contribution in [0.15, 0.2) is 24.3 Å². The zero-order chi connectivity index (χ0) is 14.5. The third-order valence-electron chi connectivity index (χ3n) is 3.90. The van der Waals surface area contributed by atoms with Crippen LogP contribution in [0.1, 0.15) is 38.3 Å². The molecule has 0 aromatic heterocycles. The molecule has 0 saturated carbocycles. The third-order valence-corrected chi connectivity index (χ3v) is 3.90. The molecule has 1 heterocycles. The van der Waals surface area contributed by atoms with E-state index >= 15 is 0 Å². The first-order valence-corrected chi connectivity index (χ1v) is 7.40. The molecule has 2 unspecified atom stereocenters. The molecule has 1 aromatic rings. The van der Waals surface area contributed by atoms with E-state index in [9.17, 15) is 9.18 Å². The quantitative estimate of drug-likeness (QED) is 0.926. The van der Waals surface area contributed by atoms with Crippen LogP contribution in [0.3, 0.4) is 0 Å². The van der Waals surface area contributed by atoms with E-state index in [0.717, 1.165) is 24.9 Å². The van der Waals surface area contributed by atoms with E-state index in [2.05, 4.69) is 12.2 Å². The highest BCUT2D eigenvalue weighted by Crippen LogP contribution is 2.25. The predicted octanol–water partition coefficient (Wildman–Crippen LogP) is 3.16. The van der Waals surface area contributed by atoms with E-state index in [4.69, 9.17) is 0 Å². The van der Waals surface area contributed by atoms with Crippen LogP contribution in [-0.2, 0) is 4.79 Å². The number of carbonyl (C=O) groups is 1. The Bertz CT molecular complexity index is 469. The lowest BCUT2D eigenvalue weighted by atomic mass is 9.98. The first-order chi connectivity index (χ1) is 9.63. The number of piperazine rings is 1. The summed E-state index contributed by atoms with van der Waals surface area (Å²) >= 11 is 0. The highest BCUT2D eigenvalue weighted by molar-refractivity contribution is 5.85. The van der Waals surface area contributed by atoms with Crippen molar-refractivity contribution in [1.82, 2.24) is 10.2 Å². The Morgan fingerprint density at radius 1 is 1.52 bits per heavy atom. The lowest BCUT2D eigenvalue weighted by Crippen LogP contribution is -2.50. The van der Waals surface area contributed by atoms with E-state index < -0.39 is 0 Å². The van der Waals surface area contributed by atoms with Crippen molar-refractivity contribution in [2.45, 2.75) is 32.7 Å². The molecule has 0 bridgehead atoms. The molecule has 1 N–H and O–H groups in total. The molecule has 21 heavy (non-hydrogen) atoms. The molecule has 5 heteroatoms. The minimum absolute atomic E-state index is 0. The molecule has 1 saturated heterocycles. The number of carbonyl (C=O) groups excluding carboxylic acids is 1. The standard InChI is InChI=1S/C16H23FN2O.ClH/c1-3-5-12(2)16(20)19-9-8-18-11-15(19)13-6-4-7-14(17)10-13;/h4,6-7,10,12,15,18H,3,5,8-9,11H2,1-2H3;1H.